The zero-order valence-electron chi connectivity index (χ0n) is 9.33. The van der Waals surface area contributed by atoms with Crippen molar-refractivity contribution in [3.63, 3.8) is 0 Å². The quantitative estimate of drug-likeness (QED) is 0.697. The lowest BCUT2D eigenvalue weighted by molar-refractivity contribution is 0.659. The molecule has 0 spiro atoms. The zero-order valence-corrected chi connectivity index (χ0v) is 9.33. The Morgan fingerprint density at radius 3 is 2.87 bits per heavy atom. The molecule has 2 nitrogen and oxygen atoms in total. The van der Waals surface area contributed by atoms with Crippen molar-refractivity contribution in [1.29, 1.82) is 5.26 Å². The number of hydrogen-bond donors (Lipinski definition) is 0. The van der Waals surface area contributed by atoms with Gasteiger partial charge in [0.05, 0.1) is 11.6 Å². The maximum atomic E-state index is 8.97. The van der Waals surface area contributed by atoms with Crippen LogP contribution in [0.25, 0.3) is 0 Å². The highest BCUT2D eigenvalue weighted by Crippen LogP contribution is 2.25. The fourth-order valence-corrected chi connectivity index (χ4v) is 2.10. The van der Waals surface area contributed by atoms with Gasteiger partial charge in [-0.3, -0.25) is 0 Å². The Bertz CT molecular complexity index is 403. The Labute approximate surface area is 91.1 Å². The summed E-state index contributed by atoms with van der Waals surface area (Å²) in [6.45, 7) is 6.50. The Balaban J connectivity index is 2.26. The molecule has 1 fully saturated rings. The van der Waals surface area contributed by atoms with Crippen LogP contribution in [-0.2, 0) is 0 Å². The van der Waals surface area contributed by atoms with Crippen LogP contribution in [-0.4, -0.2) is 13.1 Å². The molecule has 78 valence electrons. The summed E-state index contributed by atoms with van der Waals surface area (Å²) in [6.07, 6.45) is 1.26. The average molecular weight is 200 g/mol. The van der Waals surface area contributed by atoms with E-state index in [4.69, 9.17) is 5.26 Å². The molecule has 1 aromatic carbocycles. The van der Waals surface area contributed by atoms with Gasteiger partial charge in [-0.15, -0.1) is 0 Å². The molecule has 0 unspecified atom stereocenters. The van der Waals surface area contributed by atoms with E-state index >= 15 is 0 Å². The first-order valence-corrected chi connectivity index (χ1v) is 5.46. The maximum Gasteiger partial charge on any atom is 0.0995 e. The molecule has 0 bridgehead atoms. The molecule has 0 amide bonds. The van der Waals surface area contributed by atoms with Crippen molar-refractivity contribution in [2.24, 2.45) is 5.92 Å². The number of rotatable bonds is 1. The number of aryl methyl sites for hydroxylation is 1. The molecule has 2 heteroatoms. The molecule has 0 N–H and O–H groups in total. The van der Waals surface area contributed by atoms with Gasteiger partial charge in [0.15, 0.2) is 0 Å². The summed E-state index contributed by atoms with van der Waals surface area (Å²) in [5, 5.41) is 8.97. The second-order valence-corrected chi connectivity index (χ2v) is 4.45. The number of anilines is 1. The summed E-state index contributed by atoms with van der Waals surface area (Å²) in [6, 6.07) is 8.41. The molecule has 1 aliphatic heterocycles. The number of benzene rings is 1. The van der Waals surface area contributed by atoms with Crippen LogP contribution >= 0.6 is 0 Å². The van der Waals surface area contributed by atoms with Gasteiger partial charge in [-0.25, -0.2) is 0 Å². The molecule has 2 rings (SSSR count). The molecular formula is C13H16N2. The van der Waals surface area contributed by atoms with Crippen molar-refractivity contribution < 1.29 is 0 Å². The van der Waals surface area contributed by atoms with Gasteiger partial charge in [-0.1, -0.05) is 13.0 Å². The average Bonchev–Trinajstić information content (AvgIpc) is 2.66. The lowest BCUT2D eigenvalue weighted by Gasteiger charge is -2.18. The third-order valence-corrected chi connectivity index (χ3v) is 3.13. The molecule has 1 aromatic rings. The van der Waals surface area contributed by atoms with E-state index < -0.39 is 0 Å². The normalized spacial score (nSPS) is 20.3. The molecule has 0 radical (unpaired) electrons. The summed E-state index contributed by atoms with van der Waals surface area (Å²) in [7, 11) is 0. The second-order valence-electron chi connectivity index (χ2n) is 4.45. The van der Waals surface area contributed by atoms with Gasteiger partial charge in [0.25, 0.3) is 0 Å². The van der Waals surface area contributed by atoms with Gasteiger partial charge in [0.2, 0.25) is 0 Å². The lowest BCUT2D eigenvalue weighted by atomic mass is 10.1. The molecule has 0 aliphatic carbocycles. The summed E-state index contributed by atoms with van der Waals surface area (Å²) in [5.74, 6) is 0.775. The fourth-order valence-electron chi connectivity index (χ4n) is 2.10. The smallest absolute Gasteiger partial charge is 0.0995 e. The first-order chi connectivity index (χ1) is 7.20. The van der Waals surface area contributed by atoms with Crippen molar-refractivity contribution >= 4 is 5.69 Å². The zero-order chi connectivity index (χ0) is 10.8. The second kappa shape index (κ2) is 3.94. The van der Waals surface area contributed by atoms with Crippen LogP contribution in [0.15, 0.2) is 18.2 Å². The van der Waals surface area contributed by atoms with E-state index in [0.717, 1.165) is 30.1 Å². The largest absolute Gasteiger partial charge is 0.371 e. The van der Waals surface area contributed by atoms with Crippen LogP contribution < -0.4 is 4.90 Å². The van der Waals surface area contributed by atoms with E-state index in [0.29, 0.717) is 0 Å². The van der Waals surface area contributed by atoms with Crippen LogP contribution in [0.5, 0.6) is 0 Å². The molecule has 1 aliphatic rings. The SMILES string of the molecule is Cc1ccc(N2CC[C@H](C)C2)cc1C#N. The molecule has 0 aromatic heterocycles. The van der Waals surface area contributed by atoms with Gasteiger partial charge < -0.3 is 4.90 Å². The first-order valence-electron chi connectivity index (χ1n) is 5.46. The predicted octanol–water partition coefficient (Wildman–Crippen LogP) is 2.71. The van der Waals surface area contributed by atoms with Gasteiger partial charge in [0, 0.05) is 18.8 Å². The molecule has 0 saturated carbocycles. The highest BCUT2D eigenvalue weighted by molar-refractivity contribution is 5.54. The highest BCUT2D eigenvalue weighted by atomic mass is 15.1. The minimum Gasteiger partial charge on any atom is -0.371 e. The number of nitrogens with zero attached hydrogens (tertiary/aromatic N) is 2. The Kier molecular flexibility index (Phi) is 2.64. The minimum absolute atomic E-state index is 0.775. The Morgan fingerprint density at radius 1 is 1.47 bits per heavy atom. The van der Waals surface area contributed by atoms with Crippen molar-refractivity contribution in [1.82, 2.24) is 0 Å². The van der Waals surface area contributed by atoms with Gasteiger partial charge in [-0.05, 0) is 37.0 Å². The summed E-state index contributed by atoms with van der Waals surface area (Å²) in [5.41, 5.74) is 3.06. The van der Waals surface area contributed by atoms with E-state index in [1.165, 1.54) is 12.1 Å². The standard InChI is InChI=1S/C13H16N2/c1-10-5-6-15(9-10)13-4-3-11(2)12(7-13)8-14/h3-4,7,10H,5-6,9H2,1-2H3/t10-/m0/s1. The van der Waals surface area contributed by atoms with Crippen LogP contribution in [0, 0.1) is 24.2 Å². The van der Waals surface area contributed by atoms with Gasteiger partial charge >= 0.3 is 0 Å². The first kappa shape index (κ1) is 10.0. The molecule has 1 heterocycles. The van der Waals surface area contributed by atoms with Crippen LogP contribution in [0.1, 0.15) is 24.5 Å². The predicted molar refractivity (Wildman–Crippen MR) is 61.9 cm³/mol. The maximum absolute atomic E-state index is 8.97. The third-order valence-electron chi connectivity index (χ3n) is 3.13. The monoisotopic (exact) mass is 200 g/mol. The third kappa shape index (κ3) is 1.97. The van der Waals surface area contributed by atoms with Gasteiger partial charge in [-0.2, -0.15) is 5.26 Å². The van der Waals surface area contributed by atoms with Crippen LogP contribution in [0.3, 0.4) is 0 Å². The van der Waals surface area contributed by atoms with E-state index in [-0.39, 0.29) is 0 Å². The van der Waals surface area contributed by atoms with E-state index in [1.807, 2.05) is 19.1 Å². The minimum atomic E-state index is 0.775. The number of hydrogen-bond acceptors (Lipinski definition) is 2. The topological polar surface area (TPSA) is 27.0 Å². The highest BCUT2D eigenvalue weighted by Gasteiger charge is 2.19. The van der Waals surface area contributed by atoms with Gasteiger partial charge in [0.1, 0.15) is 0 Å². The lowest BCUT2D eigenvalue weighted by Crippen LogP contribution is -2.19. The number of nitriles is 1. The van der Waals surface area contributed by atoms with E-state index in [2.05, 4.69) is 24.0 Å². The summed E-state index contributed by atoms with van der Waals surface area (Å²) >= 11 is 0. The summed E-state index contributed by atoms with van der Waals surface area (Å²) in [4.78, 5) is 2.37. The van der Waals surface area contributed by atoms with E-state index in [9.17, 15) is 0 Å². The van der Waals surface area contributed by atoms with Crippen molar-refractivity contribution in [3.05, 3.63) is 29.3 Å². The van der Waals surface area contributed by atoms with Crippen LogP contribution in [0.4, 0.5) is 5.69 Å². The van der Waals surface area contributed by atoms with Crippen LogP contribution in [0.2, 0.25) is 0 Å². The van der Waals surface area contributed by atoms with Crippen molar-refractivity contribution in [2.45, 2.75) is 20.3 Å². The Morgan fingerprint density at radius 2 is 2.27 bits per heavy atom. The van der Waals surface area contributed by atoms with Crippen molar-refractivity contribution in [2.75, 3.05) is 18.0 Å². The molecule has 1 saturated heterocycles. The van der Waals surface area contributed by atoms with Crippen molar-refractivity contribution in [3.8, 4) is 6.07 Å². The fraction of sp³-hybridized carbons (Fsp3) is 0.462. The summed E-state index contributed by atoms with van der Waals surface area (Å²) < 4.78 is 0. The molecule has 1 atom stereocenters. The molecule has 15 heavy (non-hydrogen) atoms. The Hall–Kier alpha value is -1.49. The molecular weight excluding hydrogens is 184 g/mol. The van der Waals surface area contributed by atoms with E-state index in [1.54, 1.807) is 0 Å².